The second-order valence-electron chi connectivity index (χ2n) is 4.64. The number of nitrogens with two attached hydrogens (primary N) is 1. The zero-order valence-electron chi connectivity index (χ0n) is 10.3. The lowest BCUT2D eigenvalue weighted by molar-refractivity contribution is -0.117. The Morgan fingerprint density at radius 2 is 2.21 bits per heavy atom. The second-order valence-corrected chi connectivity index (χ2v) is 6.05. The summed E-state index contributed by atoms with van der Waals surface area (Å²) in [4.78, 5) is 17.2. The fourth-order valence-electron chi connectivity index (χ4n) is 2.21. The molecule has 1 aliphatic heterocycles. The third kappa shape index (κ3) is 3.19. The molecule has 1 saturated heterocycles. The molecule has 1 amide bonds. The summed E-state index contributed by atoms with van der Waals surface area (Å²) in [5.41, 5.74) is 6.90. The summed E-state index contributed by atoms with van der Waals surface area (Å²) in [6, 6.07) is 3.36. The first-order valence-corrected chi connectivity index (χ1v) is 7.27. The minimum Gasteiger partial charge on any atom is -0.382 e. The summed E-state index contributed by atoms with van der Waals surface area (Å²) >= 11 is 0. The van der Waals surface area contributed by atoms with Crippen LogP contribution in [0.3, 0.4) is 0 Å². The van der Waals surface area contributed by atoms with E-state index in [0.717, 1.165) is 5.69 Å². The maximum Gasteiger partial charge on any atom is 0.302 e. The highest BCUT2D eigenvalue weighted by molar-refractivity contribution is 7.86. The Bertz CT molecular complexity index is 618. The van der Waals surface area contributed by atoms with E-state index in [1.54, 1.807) is 19.1 Å². The first-order chi connectivity index (χ1) is 8.76. The largest absolute Gasteiger partial charge is 0.382 e. The molecule has 0 saturated carbocycles. The summed E-state index contributed by atoms with van der Waals surface area (Å²) in [6.45, 7) is 1.90. The number of amides is 1. The molecule has 8 heteroatoms. The van der Waals surface area contributed by atoms with Crippen molar-refractivity contribution < 1.29 is 17.1 Å². The van der Waals surface area contributed by atoms with E-state index in [-0.39, 0.29) is 24.7 Å². The lowest BCUT2D eigenvalue weighted by atomic mass is 10.1. The Labute approximate surface area is 110 Å². The Balaban J connectivity index is 2.20. The molecule has 2 rings (SSSR count). The van der Waals surface area contributed by atoms with Gasteiger partial charge in [-0.1, -0.05) is 0 Å². The average Bonchev–Trinajstić information content (AvgIpc) is 2.56. The zero-order chi connectivity index (χ0) is 14.2. The number of halogens is 1. The van der Waals surface area contributed by atoms with Crippen LogP contribution in [0.4, 0.5) is 15.4 Å². The maximum absolute atomic E-state index is 12.6. The molecule has 1 fully saturated rings. The lowest BCUT2D eigenvalue weighted by Crippen LogP contribution is -2.26. The van der Waals surface area contributed by atoms with Gasteiger partial charge in [0.2, 0.25) is 5.91 Å². The third-order valence-corrected chi connectivity index (χ3v) is 3.84. The van der Waals surface area contributed by atoms with E-state index in [1.807, 2.05) is 0 Å². The number of pyridine rings is 1. The summed E-state index contributed by atoms with van der Waals surface area (Å²) < 4.78 is 33.9. The number of aryl methyl sites for hydroxylation is 1. The van der Waals surface area contributed by atoms with Crippen LogP contribution < -0.4 is 10.6 Å². The lowest BCUT2D eigenvalue weighted by Gasteiger charge is -2.18. The molecule has 0 radical (unpaired) electrons. The van der Waals surface area contributed by atoms with Gasteiger partial charge in [-0.3, -0.25) is 4.79 Å². The fourth-order valence-corrected chi connectivity index (χ4v) is 2.99. The van der Waals surface area contributed by atoms with Gasteiger partial charge in [0.25, 0.3) is 0 Å². The molecule has 104 valence electrons. The van der Waals surface area contributed by atoms with Crippen LogP contribution >= 0.6 is 0 Å². The molecule has 0 spiro atoms. The van der Waals surface area contributed by atoms with Crippen molar-refractivity contribution >= 4 is 27.6 Å². The summed E-state index contributed by atoms with van der Waals surface area (Å²) in [5.74, 6) is -1.26. The highest BCUT2D eigenvalue weighted by Gasteiger charge is 2.34. The zero-order valence-corrected chi connectivity index (χ0v) is 11.2. The van der Waals surface area contributed by atoms with Crippen molar-refractivity contribution in [3.05, 3.63) is 17.8 Å². The summed E-state index contributed by atoms with van der Waals surface area (Å²) in [7, 11) is -4.58. The molecule has 6 nitrogen and oxygen atoms in total. The number of aromatic nitrogens is 1. The van der Waals surface area contributed by atoms with Gasteiger partial charge in [0.05, 0.1) is 11.4 Å². The highest BCUT2D eigenvalue weighted by atomic mass is 32.3. The van der Waals surface area contributed by atoms with Crippen LogP contribution in [0.5, 0.6) is 0 Å². The number of carbonyl (C=O) groups is 1. The van der Waals surface area contributed by atoms with Crippen molar-refractivity contribution in [1.82, 2.24) is 4.98 Å². The van der Waals surface area contributed by atoms with Gasteiger partial charge < -0.3 is 10.6 Å². The van der Waals surface area contributed by atoms with E-state index in [9.17, 15) is 17.1 Å². The van der Waals surface area contributed by atoms with Gasteiger partial charge in [-0.15, -0.1) is 3.89 Å². The maximum atomic E-state index is 12.6. The molecule has 1 aromatic heterocycles. The van der Waals surface area contributed by atoms with Gasteiger partial charge in [-0.25, -0.2) is 4.98 Å². The van der Waals surface area contributed by atoms with E-state index in [1.165, 1.54) is 4.90 Å². The molecule has 1 aromatic rings. The molecule has 2 N–H and O–H groups in total. The Hall–Kier alpha value is -1.70. The normalized spacial score (nSPS) is 20.0. The molecule has 0 aromatic carbocycles. The minimum absolute atomic E-state index is 0.00351. The minimum atomic E-state index is -4.58. The Morgan fingerprint density at radius 3 is 2.79 bits per heavy atom. The van der Waals surface area contributed by atoms with Crippen LogP contribution in [0.1, 0.15) is 12.1 Å². The van der Waals surface area contributed by atoms with E-state index < -0.39 is 21.9 Å². The second kappa shape index (κ2) is 4.76. The van der Waals surface area contributed by atoms with E-state index >= 15 is 0 Å². The Kier molecular flexibility index (Phi) is 3.44. The van der Waals surface area contributed by atoms with Gasteiger partial charge >= 0.3 is 10.2 Å². The average molecular weight is 287 g/mol. The monoisotopic (exact) mass is 287 g/mol. The van der Waals surface area contributed by atoms with E-state index in [2.05, 4.69) is 4.98 Å². The molecule has 1 aliphatic rings. The van der Waals surface area contributed by atoms with Crippen molar-refractivity contribution in [2.45, 2.75) is 13.3 Å². The molecular weight excluding hydrogens is 273 g/mol. The van der Waals surface area contributed by atoms with Gasteiger partial charge in [0.1, 0.15) is 5.82 Å². The number of hydrogen-bond acceptors (Lipinski definition) is 5. The number of nitrogens with zero attached hydrogens (tertiary/aromatic N) is 2. The number of nitrogen functional groups attached to an aromatic ring is 1. The first-order valence-electron chi connectivity index (χ1n) is 5.72. The standard InChI is InChI=1S/C11H14FN3O3S/c1-7-2-3-9(11(13)14-7)15-5-8(4-10(15)16)6-19(12,17)18/h2-3,8H,4-6H2,1H3,(H2,13,14). The van der Waals surface area contributed by atoms with Crippen LogP contribution in [-0.2, 0) is 15.0 Å². The van der Waals surface area contributed by atoms with Crippen molar-refractivity contribution in [2.24, 2.45) is 5.92 Å². The quantitative estimate of drug-likeness (QED) is 0.823. The molecule has 1 atom stereocenters. The molecule has 0 aliphatic carbocycles. The van der Waals surface area contributed by atoms with Crippen LogP contribution in [0.15, 0.2) is 12.1 Å². The number of hydrogen-bond donors (Lipinski definition) is 1. The van der Waals surface area contributed by atoms with Gasteiger partial charge in [0, 0.05) is 24.6 Å². The number of carbonyl (C=O) groups excluding carboxylic acids is 1. The van der Waals surface area contributed by atoms with Crippen molar-refractivity contribution in [3.8, 4) is 0 Å². The SMILES string of the molecule is Cc1ccc(N2CC(CS(=O)(=O)F)CC2=O)c(N)n1. The predicted molar refractivity (Wildman–Crippen MR) is 68.7 cm³/mol. The summed E-state index contributed by atoms with van der Waals surface area (Å²) in [5, 5.41) is 0. The number of anilines is 2. The van der Waals surface area contributed by atoms with Crippen molar-refractivity contribution in [2.75, 3.05) is 22.9 Å². The Morgan fingerprint density at radius 1 is 1.53 bits per heavy atom. The van der Waals surface area contributed by atoms with Crippen LogP contribution in [0, 0.1) is 12.8 Å². The smallest absolute Gasteiger partial charge is 0.302 e. The molecular formula is C11H14FN3O3S. The molecule has 1 unspecified atom stereocenters. The third-order valence-electron chi connectivity index (χ3n) is 2.97. The predicted octanol–water partition coefficient (Wildman–Crippen LogP) is 0.624. The van der Waals surface area contributed by atoms with Crippen LogP contribution in [0.25, 0.3) is 0 Å². The molecule has 2 heterocycles. The first kappa shape index (κ1) is 13.7. The number of rotatable bonds is 3. The summed E-state index contributed by atoms with van der Waals surface area (Å²) in [6.07, 6.45) is -0.00351. The van der Waals surface area contributed by atoms with Crippen LogP contribution in [-0.4, -0.2) is 31.6 Å². The van der Waals surface area contributed by atoms with Crippen LogP contribution in [0.2, 0.25) is 0 Å². The fraction of sp³-hybridized carbons (Fsp3) is 0.455. The van der Waals surface area contributed by atoms with Crippen molar-refractivity contribution in [3.63, 3.8) is 0 Å². The van der Waals surface area contributed by atoms with E-state index in [0.29, 0.717) is 5.69 Å². The highest BCUT2D eigenvalue weighted by Crippen LogP contribution is 2.29. The van der Waals surface area contributed by atoms with Gasteiger partial charge in [-0.05, 0) is 19.1 Å². The van der Waals surface area contributed by atoms with E-state index in [4.69, 9.17) is 5.73 Å². The van der Waals surface area contributed by atoms with Gasteiger partial charge in [-0.2, -0.15) is 8.42 Å². The van der Waals surface area contributed by atoms with Gasteiger partial charge in [0.15, 0.2) is 0 Å². The van der Waals surface area contributed by atoms with Crippen molar-refractivity contribution in [1.29, 1.82) is 0 Å². The molecule has 0 bridgehead atoms. The molecule has 19 heavy (non-hydrogen) atoms. The topological polar surface area (TPSA) is 93.4 Å².